The Morgan fingerprint density at radius 2 is 2.23 bits per heavy atom. The summed E-state index contributed by atoms with van der Waals surface area (Å²) in [7, 11) is 0. The van der Waals surface area contributed by atoms with Crippen molar-refractivity contribution in [1.29, 1.82) is 0 Å². The van der Waals surface area contributed by atoms with E-state index in [0.717, 1.165) is 5.56 Å². The molecule has 0 saturated carbocycles. The standard InChI is InChI=1S/C9H7BrClFO/c1-5-2-7(10)8(12)3-6(5)9(13)4-11/h2-3H,4H2,1H3. The van der Waals surface area contributed by atoms with E-state index in [1.54, 1.807) is 13.0 Å². The first-order valence-corrected chi connectivity index (χ1v) is 4.94. The second-order valence-electron chi connectivity index (χ2n) is 2.64. The molecule has 1 aromatic rings. The van der Waals surface area contributed by atoms with Crippen molar-refractivity contribution < 1.29 is 9.18 Å². The largest absolute Gasteiger partial charge is 0.293 e. The highest BCUT2D eigenvalue weighted by molar-refractivity contribution is 9.10. The molecule has 0 fully saturated rings. The van der Waals surface area contributed by atoms with Crippen LogP contribution in [0.15, 0.2) is 16.6 Å². The van der Waals surface area contributed by atoms with Crippen LogP contribution in [0.4, 0.5) is 4.39 Å². The zero-order valence-corrected chi connectivity index (χ0v) is 9.25. The van der Waals surface area contributed by atoms with Gasteiger partial charge in [0.1, 0.15) is 5.82 Å². The highest BCUT2D eigenvalue weighted by Crippen LogP contribution is 2.20. The summed E-state index contributed by atoms with van der Waals surface area (Å²) in [5.41, 5.74) is 1.06. The van der Waals surface area contributed by atoms with Crippen molar-refractivity contribution >= 4 is 33.3 Å². The van der Waals surface area contributed by atoms with Gasteiger partial charge in [-0.1, -0.05) is 0 Å². The number of halogens is 3. The maximum absolute atomic E-state index is 13.0. The fourth-order valence-corrected chi connectivity index (χ4v) is 1.62. The summed E-state index contributed by atoms with van der Waals surface area (Å²) in [6, 6.07) is 2.76. The number of hydrogen-bond donors (Lipinski definition) is 0. The van der Waals surface area contributed by atoms with E-state index >= 15 is 0 Å². The third-order valence-electron chi connectivity index (χ3n) is 1.69. The summed E-state index contributed by atoms with van der Waals surface area (Å²) in [6.07, 6.45) is 0. The molecule has 1 aromatic carbocycles. The van der Waals surface area contributed by atoms with Crippen LogP contribution < -0.4 is 0 Å². The molecule has 70 valence electrons. The van der Waals surface area contributed by atoms with Gasteiger partial charge in [0.15, 0.2) is 5.78 Å². The van der Waals surface area contributed by atoms with Crippen molar-refractivity contribution in [2.24, 2.45) is 0 Å². The molecular weight excluding hydrogens is 258 g/mol. The van der Waals surface area contributed by atoms with E-state index in [9.17, 15) is 9.18 Å². The number of rotatable bonds is 2. The fourth-order valence-electron chi connectivity index (χ4n) is 1.02. The van der Waals surface area contributed by atoms with E-state index in [-0.39, 0.29) is 11.7 Å². The SMILES string of the molecule is Cc1cc(Br)c(F)cc1C(=O)CCl. The van der Waals surface area contributed by atoms with Crippen LogP contribution in [0.2, 0.25) is 0 Å². The van der Waals surface area contributed by atoms with Crippen LogP contribution in [0.25, 0.3) is 0 Å². The van der Waals surface area contributed by atoms with Crippen LogP contribution in [-0.4, -0.2) is 11.7 Å². The number of ketones is 1. The Morgan fingerprint density at radius 1 is 1.62 bits per heavy atom. The molecule has 0 amide bonds. The maximum Gasteiger partial charge on any atom is 0.177 e. The summed E-state index contributed by atoms with van der Waals surface area (Å²) in [6.45, 7) is 1.74. The molecule has 0 aliphatic heterocycles. The molecule has 0 unspecified atom stereocenters. The summed E-state index contributed by atoms with van der Waals surface area (Å²) in [5, 5.41) is 0. The molecule has 0 bridgehead atoms. The van der Waals surface area contributed by atoms with E-state index in [2.05, 4.69) is 15.9 Å². The first-order valence-electron chi connectivity index (χ1n) is 3.61. The monoisotopic (exact) mass is 264 g/mol. The van der Waals surface area contributed by atoms with Crippen LogP contribution in [-0.2, 0) is 0 Å². The molecule has 1 rings (SSSR count). The Balaban J connectivity index is 3.23. The van der Waals surface area contributed by atoms with Crippen molar-refractivity contribution in [2.75, 3.05) is 5.88 Å². The smallest absolute Gasteiger partial charge is 0.177 e. The average Bonchev–Trinajstić information content (AvgIpc) is 2.10. The molecule has 1 nitrogen and oxygen atoms in total. The summed E-state index contributed by atoms with van der Waals surface area (Å²) in [4.78, 5) is 11.2. The lowest BCUT2D eigenvalue weighted by molar-refractivity contribution is 0.102. The van der Waals surface area contributed by atoms with E-state index in [4.69, 9.17) is 11.6 Å². The van der Waals surface area contributed by atoms with E-state index in [0.29, 0.717) is 10.0 Å². The number of carbonyl (C=O) groups is 1. The van der Waals surface area contributed by atoms with Gasteiger partial charge in [-0.3, -0.25) is 4.79 Å². The van der Waals surface area contributed by atoms with Gasteiger partial charge in [-0.15, -0.1) is 11.6 Å². The number of alkyl halides is 1. The van der Waals surface area contributed by atoms with Gasteiger partial charge in [0.05, 0.1) is 10.4 Å². The van der Waals surface area contributed by atoms with Gasteiger partial charge in [0.2, 0.25) is 0 Å². The molecule has 0 saturated heterocycles. The third kappa shape index (κ3) is 2.29. The van der Waals surface area contributed by atoms with Crippen LogP contribution in [0.1, 0.15) is 15.9 Å². The molecule has 0 N–H and O–H groups in total. The Kier molecular flexibility index (Phi) is 3.45. The Morgan fingerprint density at radius 3 is 2.77 bits per heavy atom. The zero-order chi connectivity index (χ0) is 10.0. The number of Topliss-reactive ketones (excluding diaryl/α,β-unsaturated/α-hetero) is 1. The molecule has 13 heavy (non-hydrogen) atoms. The first kappa shape index (κ1) is 10.7. The van der Waals surface area contributed by atoms with Crippen molar-refractivity contribution in [1.82, 2.24) is 0 Å². The van der Waals surface area contributed by atoms with Crippen molar-refractivity contribution in [3.05, 3.63) is 33.5 Å². The predicted molar refractivity (Wildman–Crippen MR) is 53.9 cm³/mol. The molecular formula is C9H7BrClFO. The highest BCUT2D eigenvalue weighted by atomic mass is 79.9. The number of hydrogen-bond acceptors (Lipinski definition) is 1. The molecule has 0 heterocycles. The lowest BCUT2D eigenvalue weighted by Gasteiger charge is -2.03. The third-order valence-corrected chi connectivity index (χ3v) is 2.54. The topological polar surface area (TPSA) is 17.1 Å². The zero-order valence-electron chi connectivity index (χ0n) is 6.90. The number of aryl methyl sites for hydroxylation is 1. The molecule has 0 atom stereocenters. The quantitative estimate of drug-likeness (QED) is 0.592. The molecule has 0 aliphatic rings. The van der Waals surface area contributed by atoms with Gasteiger partial charge in [0, 0.05) is 5.56 Å². The predicted octanol–water partition coefficient (Wildman–Crippen LogP) is 3.32. The van der Waals surface area contributed by atoms with Crippen molar-refractivity contribution in [3.8, 4) is 0 Å². The lowest BCUT2D eigenvalue weighted by Crippen LogP contribution is -2.03. The maximum atomic E-state index is 13.0. The van der Waals surface area contributed by atoms with Crippen LogP contribution >= 0.6 is 27.5 Å². The molecule has 0 radical (unpaired) electrons. The van der Waals surface area contributed by atoms with Crippen molar-refractivity contribution in [2.45, 2.75) is 6.92 Å². The highest BCUT2D eigenvalue weighted by Gasteiger charge is 2.11. The minimum Gasteiger partial charge on any atom is -0.293 e. The van der Waals surface area contributed by atoms with Crippen LogP contribution in [0.3, 0.4) is 0 Å². The Bertz CT molecular complexity index is 352. The second kappa shape index (κ2) is 4.20. The van der Waals surface area contributed by atoms with E-state index in [1.165, 1.54) is 6.07 Å². The molecule has 0 spiro atoms. The second-order valence-corrected chi connectivity index (χ2v) is 3.76. The van der Waals surface area contributed by atoms with Gasteiger partial charge < -0.3 is 0 Å². The number of benzene rings is 1. The minimum absolute atomic E-state index is 0.123. The molecule has 0 aromatic heterocycles. The summed E-state index contributed by atoms with van der Waals surface area (Å²) < 4.78 is 13.4. The fraction of sp³-hybridized carbons (Fsp3) is 0.222. The van der Waals surface area contributed by atoms with Gasteiger partial charge in [-0.2, -0.15) is 0 Å². The molecule has 4 heteroatoms. The Hall–Kier alpha value is -0.410. The van der Waals surface area contributed by atoms with Crippen molar-refractivity contribution in [3.63, 3.8) is 0 Å². The first-order chi connectivity index (χ1) is 6.06. The van der Waals surface area contributed by atoms with E-state index < -0.39 is 5.82 Å². The number of carbonyl (C=O) groups excluding carboxylic acids is 1. The van der Waals surface area contributed by atoms with Crippen LogP contribution in [0.5, 0.6) is 0 Å². The van der Waals surface area contributed by atoms with Crippen LogP contribution in [0, 0.1) is 12.7 Å². The van der Waals surface area contributed by atoms with Gasteiger partial charge in [0.25, 0.3) is 0 Å². The van der Waals surface area contributed by atoms with E-state index in [1.807, 2.05) is 0 Å². The normalized spacial score (nSPS) is 10.2. The Labute approximate surface area is 89.0 Å². The lowest BCUT2D eigenvalue weighted by atomic mass is 10.1. The minimum atomic E-state index is -0.445. The molecule has 0 aliphatic carbocycles. The van der Waals surface area contributed by atoms with Gasteiger partial charge in [-0.05, 0) is 40.5 Å². The van der Waals surface area contributed by atoms with Gasteiger partial charge in [-0.25, -0.2) is 4.39 Å². The summed E-state index contributed by atoms with van der Waals surface area (Å²) in [5.74, 6) is -0.827. The van der Waals surface area contributed by atoms with Gasteiger partial charge >= 0.3 is 0 Å². The average molecular weight is 266 g/mol. The summed E-state index contributed by atoms with van der Waals surface area (Å²) >= 11 is 8.40.